The topological polar surface area (TPSA) is 41.1 Å². The molecule has 0 saturated carbocycles. The molecule has 21 heavy (non-hydrogen) atoms. The molecule has 4 heteroatoms. The smallest absolute Gasteiger partial charge is 0.238 e. The lowest BCUT2D eigenvalue weighted by Gasteiger charge is -2.07. The molecule has 0 saturated heterocycles. The highest BCUT2D eigenvalue weighted by atomic mass is 79.9. The summed E-state index contributed by atoms with van der Waals surface area (Å²) in [5, 5.41) is 6.02. The first-order chi connectivity index (χ1) is 10.2. The highest BCUT2D eigenvalue weighted by Crippen LogP contribution is 2.13. The van der Waals surface area contributed by atoms with Gasteiger partial charge in [0.05, 0.1) is 6.54 Å². The Morgan fingerprint density at radius 3 is 2.43 bits per heavy atom. The molecule has 110 valence electrons. The largest absolute Gasteiger partial charge is 0.325 e. The SMILES string of the molecule is O=C(CNCCCc1ccccc1)Nc1ccc(Br)cc1. The summed E-state index contributed by atoms with van der Waals surface area (Å²) in [6.45, 7) is 1.17. The van der Waals surface area contributed by atoms with Crippen LogP contribution in [-0.4, -0.2) is 19.0 Å². The number of rotatable bonds is 7. The van der Waals surface area contributed by atoms with Crippen LogP contribution in [0.3, 0.4) is 0 Å². The Labute approximate surface area is 133 Å². The number of carbonyl (C=O) groups excluding carboxylic acids is 1. The molecular formula is C17H19BrN2O. The van der Waals surface area contributed by atoms with Gasteiger partial charge in [0.1, 0.15) is 0 Å². The normalized spacial score (nSPS) is 10.3. The summed E-state index contributed by atoms with van der Waals surface area (Å²) in [4.78, 5) is 11.7. The molecule has 2 aromatic rings. The van der Waals surface area contributed by atoms with E-state index in [2.05, 4.69) is 50.8 Å². The van der Waals surface area contributed by atoms with E-state index in [9.17, 15) is 4.79 Å². The summed E-state index contributed by atoms with van der Waals surface area (Å²) in [6.07, 6.45) is 2.05. The van der Waals surface area contributed by atoms with Gasteiger partial charge in [-0.05, 0) is 49.2 Å². The van der Waals surface area contributed by atoms with Crippen LogP contribution in [0, 0.1) is 0 Å². The predicted octanol–water partition coefficient (Wildman–Crippen LogP) is 3.61. The average Bonchev–Trinajstić information content (AvgIpc) is 2.50. The van der Waals surface area contributed by atoms with E-state index in [0.717, 1.165) is 29.5 Å². The third kappa shape index (κ3) is 6.10. The number of halogens is 1. The summed E-state index contributed by atoms with van der Waals surface area (Å²) in [5.41, 5.74) is 2.15. The zero-order chi connectivity index (χ0) is 14.9. The Bertz CT molecular complexity index is 555. The zero-order valence-corrected chi connectivity index (χ0v) is 13.4. The summed E-state index contributed by atoms with van der Waals surface area (Å²) in [5.74, 6) is -0.0166. The van der Waals surface area contributed by atoms with Gasteiger partial charge in [-0.25, -0.2) is 0 Å². The molecule has 2 aromatic carbocycles. The standard InChI is InChI=1S/C17H19BrN2O/c18-15-8-10-16(11-9-15)20-17(21)13-19-12-4-7-14-5-2-1-3-6-14/h1-3,5-6,8-11,19H,4,7,12-13H2,(H,20,21). The Balaban J connectivity index is 1.60. The van der Waals surface area contributed by atoms with Crippen LogP contribution in [0.1, 0.15) is 12.0 Å². The number of carbonyl (C=O) groups is 1. The maximum absolute atomic E-state index is 11.7. The van der Waals surface area contributed by atoms with Crippen LogP contribution in [0.2, 0.25) is 0 Å². The van der Waals surface area contributed by atoms with E-state index in [4.69, 9.17) is 0 Å². The van der Waals surface area contributed by atoms with Gasteiger partial charge in [0.25, 0.3) is 0 Å². The van der Waals surface area contributed by atoms with Gasteiger partial charge >= 0.3 is 0 Å². The van der Waals surface area contributed by atoms with Gasteiger partial charge in [-0.2, -0.15) is 0 Å². The fourth-order valence-electron chi connectivity index (χ4n) is 2.00. The van der Waals surface area contributed by atoms with E-state index in [1.165, 1.54) is 5.56 Å². The van der Waals surface area contributed by atoms with Crippen molar-refractivity contribution < 1.29 is 4.79 Å². The highest BCUT2D eigenvalue weighted by Gasteiger charge is 2.01. The van der Waals surface area contributed by atoms with Crippen molar-refractivity contribution in [3.63, 3.8) is 0 Å². The van der Waals surface area contributed by atoms with Crippen molar-refractivity contribution >= 4 is 27.5 Å². The lowest BCUT2D eigenvalue weighted by Crippen LogP contribution is -2.28. The number of aryl methyl sites for hydroxylation is 1. The number of hydrogen-bond acceptors (Lipinski definition) is 2. The van der Waals surface area contributed by atoms with E-state index >= 15 is 0 Å². The van der Waals surface area contributed by atoms with Crippen LogP contribution in [0.4, 0.5) is 5.69 Å². The molecule has 0 spiro atoms. The van der Waals surface area contributed by atoms with Crippen LogP contribution >= 0.6 is 15.9 Å². The summed E-state index contributed by atoms with van der Waals surface area (Å²) >= 11 is 3.37. The molecule has 0 fully saturated rings. The van der Waals surface area contributed by atoms with Gasteiger partial charge in [-0.3, -0.25) is 4.79 Å². The van der Waals surface area contributed by atoms with Gasteiger partial charge in [0.15, 0.2) is 0 Å². The molecule has 0 aliphatic carbocycles. The molecular weight excluding hydrogens is 328 g/mol. The fraction of sp³-hybridized carbons (Fsp3) is 0.235. The maximum atomic E-state index is 11.7. The molecule has 0 atom stereocenters. The maximum Gasteiger partial charge on any atom is 0.238 e. The minimum Gasteiger partial charge on any atom is -0.325 e. The number of benzene rings is 2. The summed E-state index contributed by atoms with van der Waals surface area (Å²) < 4.78 is 1.000. The Kier molecular flexibility index (Phi) is 6.44. The monoisotopic (exact) mass is 346 g/mol. The number of anilines is 1. The van der Waals surface area contributed by atoms with Crippen molar-refractivity contribution in [1.29, 1.82) is 0 Å². The number of hydrogen-bond donors (Lipinski definition) is 2. The van der Waals surface area contributed by atoms with Crippen molar-refractivity contribution in [2.24, 2.45) is 0 Å². The second-order valence-corrected chi connectivity index (χ2v) is 5.74. The lowest BCUT2D eigenvalue weighted by molar-refractivity contribution is -0.115. The first-order valence-corrected chi connectivity index (χ1v) is 7.83. The van der Waals surface area contributed by atoms with Crippen molar-refractivity contribution in [2.45, 2.75) is 12.8 Å². The first-order valence-electron chi connectivity index (χ1n) is 7.04. The Hall–Kier alpha value is -1.65. The molecule has 2 rings (SSSR count). The highest BCUT2D eigenvalue weighted by molar-refractivity contribution is 9.10. The fourth-order valence-corrected chi connectivity index (χ4v) is 2.27. The van der Waals surface area contributed by atoms with Crippen LogP contribution in [0.15, 0.2) is 59.1 Å². The number of nitrogens with one attached hydrogen (secondary N) is 2. The van der Waals surface area contributed by atoms with Gasteiger partial charge in [0.2, 0.25) is 5.91 Å². The second-order valence-electron chi connectivity index (χ2n) is 4.82. The average molecular weight is 347 g/mol. The van der Waals surface area contributed by atoms with Crippen molar-refractivity contribution in [2.75, 3.05) is 18.4 Å². The minimum absolute atomic E-state index is 0.0166. The molecule has 0 radical (unpaired) electrons. The van der Waals surface area contributed by atoms with Crippen LogP contribution in [0.5, 0.6) is 0 Å². The van der Waals surface area contributed by atoms with E-state index in [-0.39, 0.29) is 5.91 Å². The molecule has 0 aromatic heterocycles. The van der Waals surface area contributed by atoms with E-state index in [1.807, 2.05) is 30.3 Å². The molecule has 0 heterocycles. The van der Waals surface area contributed by atoms with Crippen LogP contribution < -0.4 is 10.6 Å². The predicted molar refractivity (Wildman–Crippen MR) is 90.4 cm³/mol. The third-order valence-electron chi connectivity index (χ3n) is 3.08. The molecule has 0 aliphatic heterocycles. The van der Waals surface area contributed by atoms with E-state index in [0.29, 0.717) is 6.54 Å². The van der Waals surface area contributed by atoms with Crippen molar-refractivity contribution in [3.8, 4) is 0 Å². The van der Waals surface area contributed by atoms with Gasteiger partial charge in [-0.1, -0.05) is 46.3 Å². The van der Waals surface area contributed by atoms with Crippen molar-refractivity contribution in [3.05, 3.63) is 64.6 Å². The van der Waals surface area contributed by atoms with Crippen LogP contribution in [-0.2, 0) is 11.2 Å². The lowest BCUT2D eigenvalue weighted by atomic mass is 10.1. The second kappa shape index (κ2) is 8.60. The summed E-state index contributed by atoms with van der Waals surface area (Å²) in [6, 6.07) is 17.9. The Morgan fingerprint density at radius 1 is 1.00 bits per heavy atom. The van der Waals surface area contributed by atoms with Crippen LogP contribution in [0.25, 0.3) is 0 Å². The molecule has 0 aliphatic rings. The van der Waals surface area contributed by atoms with Crippen molar-refractivity contribution in [1.82, 2.24) is 5.32 Å². The molecule has 0 unspecified atom stereocenters. The zero-order valence-electron chi connectivity index (χ0n) is 11.8. The minimum atomic E-state index is -0.0166. The Morgan fingerprint density at radius 2 is 1.71 bits per heavy atom. The number of amides is 1. The third-order valence-corrected chi connectivity index (χ3v) is 3.60. The molecule has 3 nitrogen and oxygen atoms in total. The first kappa shape index (κ1) is 15.7. The van der Waals surface area contributed by atoms with Gasteiger partial charge in [0, 0.05) is 10.2 Å². The molecule has 1 amide bonds. The van der Waals surface area contributed by atoms with Gasteiger partial charge in [-0.15, -0.1) is 0 Å². The van der Waals surface area contributed by atoms with E-state index < -0.39 is 0 Å². The molecule has 0 bridgehead atoms. The molecule has 2 N–H and O–H groups in total. The van der Waals surface area contributed by atoms with Gasteiger partial charge < -0.3 is 10.6 Å². The van der Waals surface area contributed by atoms with E-state index in [1.54, 1.807) is 0 Å². The quantitative estimate of drug-likeness (QED) is 0.752. The summed E-state index contributed by atoms with van der Waals surface area (Å²) in [7, 11) is 0.